The van der Waals surface area contributed by atoms with Gasteiger partial charge in [-0.3, -0.25) is 9.59 Å². The highest BCUT2D eigenvalue weighted by Crippen LogP contribution is 2.36. The van der Waals surface area contributed by atoms with E-state index >= 15 is 0 Å². The molecule has 3 atom stereocenters. The lowest BCUT2D eigenvalue weighted by Gasteiger charge is -2.35. The van der Waals surface area contributed by atoms with Crippen LogP contribution in [0, 0.1) is 23.2 Å². The molecule has 0 aromatic rings. The fraction of sp³-hybridized carbons (Fsp3) is 0.867. The third-order valence-corrected chi connectivity index (χ3v) is 3.90. The van der Waals surface area contributed by atoms with E-state index in [0.29, 0.717) is 0 Å². The number of aliphatic hydroxyl groups is 1. The first-order valence-corrected chi connectivity index (χ1v) is 7.42. The number of hydrogen-bond acceptors (Lipinski definition) is 5. The number of hydrogen-bond donors (Lipinski definition) is 3. The van der Waals surface area contributed by atoms with Gasteiger partial charge in [-0.1, -0.05) is 34.6 Å². The lowest BCUT2D eigenvalue weighted by molar-refractivity contribution is -0.156. The molecule has 0 aliphatic rings. The number of amides is 1. The highest BCUT2D eigenvalue weighted by atomic mass is 16.5. The molecule has 124 valence electrons. The number of aliphatic hydroxyl groups excluding tert-OH is 1. The quantitative estimate of drug-likeness (QED) is 0.568. The first-order valence-electron chi connectivity index (χ1n) is 7.42. The van der Waals surface area contributed by atoms with Gasteiger partial charge >= 0.3 is 5.97 Å². The van der Waals surface area contributed by atoms with Crippen LogP contribution in [0.25, 0.3) is 0 Å². The van der Waals surface area contributed by atoms with Gasteiger partial charge < -0.3 is 20.9 Å². The Kier molecular flexibility index (Phi) is 8.51. The molecule has 0 fully saturated rings. The first-order chi connectivity index (χ1) is 9.66. The van der Waals surface area contributed by atoms with Gasteiger partial charge in [0, 0.05) is 19.0 Å². The summed E-state index contributed by atoms with van der Waals surface area (Å²) in [7, 11) is 0. The van der Waals surface area contributed by atoms with Gasteiger partial charge in [0.25, 0.3) is 0 Å². The van der Waals surface area contributed by atoms with Crippen molar-refractivity contribution < 1.29 is 19.4 Å². The molecule has 21 heavy (non-hydrogen) atoms. The van der Waals surface area contributed by atoms with Crippen LogP contribution in [0.15, 0.2) is 0 Å². The summed E-state index contributed by atoms with van der Waals surface area (Å²) in [6, 6.07) is 0. The van der Waals surface area contributed by atoms with Crippen LogP contribution in [-0.4, -0.2) is 43.3 Å². The molecule has 6 heteroatoms. The van der Waals surface area contributed by atoms with Crippen molar-refractivity contribution in [1.82, 2.24) is 5.32 Å². The largest absolute Gasteiger partial charge is 0.464 e. The summed E-state index contributed by atoms with van der Waals surface area (Å²) in [6.07, 6.45) is 0. The van der Waals surface area contributed by atoms with Gasteiger partial charge in [0.05, 0.1) is 12.5 Å². The Morgan fingerprint density at radius 3 is 2.29 bits per heavy atom. The standard InChI is InChI=1S/C15H30N2O4/c1-10(13(19)17-7-8-18)12(11(2)15(3,4)5)14(20)21-9-6-16/h10-12,18H,6-9,16H2,1-5H3,(H,17,19). The second kappa shape index (κ2) is 9.00. The predicted octanol–water partition coefficient (Wildman–Crippen LogP) is 0.531. The Balaban J connectivity index is 5.11. The number of ether oxygens (including phenoxy) is 1. The highest BCUT2D eigenvalue weighted by molar-refractivity contribution is 5.85. The summed E-state index contributed by atoms with van der Waals surface area (Å²) in [5, 5.41) is 11.4. The van der Waals surface area contributed by atoms with Crippen LogP contribution in [0.4, 0.5) is 0 Å². The van der Waals surface area contributed by atoms with E-state index in [0.717, 1.165) is 0 Å². The minimum absolute atomic E-state index is 0.0438. The number of nitrogens with two attached hydrogens (primary N) is 1. The van der Waals surface area contributed by atoms with Crippen molar-refractivity contribution in [2.45, 2.75) is 34.6 Å². The Morgan fingerprint density at radius 2 is 1.86 bits per heavy atom. The maximum Gasteiger partial charge on any atom is 0.310 e. The summed E-state index contributed by atoms with van der Waals surface area (Å²) in [4.78, 5) is 24.4. The SMILES string of the molecule is CC(C(=O)NCCO)C(C(=O)OCCN)C(C)C(C)(C)C. The molecule has 0 aromatic carbocycles. The topological polar surface area (TPSA) is 102 Å². The molecule has 0 aromatic heterocycles. The number of esters is 1. The Morgan fingerprint density at radius 1 is 1.29 bits per heavy atom. The van der Waals surface area contributed by atoms with Crippen molar-refractivity contribution in [3.05, 3.63) is 0 Å². The van der Waals surface area contributed by atoms with E-state index in [1.807, 2.05) is 27.7 Å². The van der Waals surface area contributed by atoms with Crippen LogP contribution in [0.1, 0.15) is 34.6 Å². The van der Waals surface area contributed by atoms with Crippen LogP contribution in [0.5, 0.6) is 0 Å². The fourth-order valence-corrected chi connectivity index (χ4v) is 2.14. The van der Waals surface area contributed by atoms with E-state index in [2.05, 4.69) is 5.32 Å². The Hall–Kier alpha value is -1.14. The zero-order valence-electron chi connectivity index (χ0n) is 13.8. The number of carbonyl (C=O) groups excluding carboxylic acids is 2. The summed E-state index contributed by atoms with van der Waals surface area (Å²) >= 11 is 0. The van der Waals surface area contributed by atoms with Crippen molar-refractivity contribution >= 4 is 11.9 Å². The van der Waals surface area contributed by atoms with Gasteiger partial charge in [0.15, 0.2) is 0 Å². The number of nitrogens with one attached hydrogen (secondary N) is 1. The monoisotopic (exact) mass is 302 g/mol. The zero-order chi connectivity index (χ0) is 16.6. The molecule has 0 saturated carbocycles. The fourth-order valence-electron chi connectivity index (χ4n) is 2.14. The maximum atomic E-state index is 12.3. The van der Waals surface area contributed by atoms with Crippen molar-refractivity contribution in [3.8, 4) is 0 Å². The Labute approximate surface area is 127 Å². The average Bonchev–Trinajstić information content (AvgIpc) is 2.41. The van der Waals surface area contributed by atoms with Crippen molar-refractivity contribution in [3.63, 3.8) is 0 Å². The molecule has 1 amide bonds. The minimum atomic E-state index is -0.546. The molecule has 0 spiro atoms. The van der Waals surface area contributed by atoms with Crippen LogP contribution >= 0.6 is 0 Å². The highest BCUT2D eigenvalue weighted by Gasteiger charge is 2.40. The van der Waals surface area contributed by atoms with Gasteiger partial charge in [0.2, 0.25) is 5.91 Å². The lowest BCUT2D eigenvalue weighted by atomic mass is 9.70. The average molecular weight is 302 g/mol. The zero-order valence-corrected chi connectivity index (χ0v) is 13.8. The maximum absolute atomic E-state index is 12.3. The predicted molar refractivity (Wildman–Crippen MR) is 81.4 cm³/mol. The van der Waals surface area contributed by atoms with Crippen molar-refractivity contribution in [1.29, 1.82) is 0 Å². The third kappa shape index (κ3) is 6.44. The van der Waals surface area contributed by atoms with Gasteiger partial charge in [-0.2, -0.15) is 0 Å². The summed E-state index contributed by atoms with van der Waals surface area (Å²) in [6.45, 7) is 10.2. The summed E-state index contributed by atoms with van der Waals surface area (Å²) in [5.74, 6) is -1.77. The molecular formula is C15H30N2O4. The van der Waals surface area contributed by atoms with E-state index < -0.39 is 17.8 Å². The second-order valence-corrected chi connectivity index (χ2v) is 6.44. The van der Waals surface area contributed by atoms with E-state index in [-0.39, 0.29) is 43.5 Å². The molecule has 3 unspecified atom stereocenters. The van der Waals surface area contributed by atoms with Gasteiger partial charge in [0.1, 0.15) is 6.61 Å². The number of carbonyl (C=O) groups is 2. The van der Waals surface area contributed by atoms with Crippen LogP contribution in [0.2, 0.25) is 0 Å². The van der Waals surface area contributed by atoms with Crippen molar-refractivity contribution in [2.24, 2.45) is 28.9 Å². The minimum Gasteiger partial charge on any atom is -0.464 e. The normalized spacial score (nSPS) is 16.0. The van der Waals surface area contributed by atoms with Crippen LogP contribution in [-0.2, 0) is 14.3 Å². The molecule has 0 aliphatic carbocycles. The summed E-state index contributed by atoms with van der Waals surface area (Å²) in [5.41, 5.74) is 5.22. The number of rotatable bonds is 8. The first kappa shape index (κ1) is 19.9. The van der Waals surface area contributed by atoms with E-state index in [1.54, 1.807) is 6.92 Å². The van der Waals surface area contributed by atoms with E-state index in [4.69, 9.17) is 15.6 Å². The van der Waals surface area contributed by atoms with Gasteiger partial charge in [-0.05, 0) is 11.3 Å². The van der Waals surface area contributed by atoms with Gasteiger partial charge in [-0.25, -0.2) is 0 Å². The molecule has 0 radical (unpaired) electrons. The lowest BCUT2D eigenvalue weighted by Crippen LogP contribution is -2.43. The molecule has 0 saturated heterocycles. The van der Waals surface area contributed by atoms with E-state index in [1.165, 1.54) is 0 Å². The molecule has 0 aliphatic heterocycles. The second-order valence-electron chi connectivity index (χ2n) is 6.44. The van der Waals surface area contributed by atoms with Crippen LogP contribution < -0.4 is 11.1 Å². The molecule has 6 nitrogen and oxygen atoms in total. The molecule has 0 rings (SSSR count). The summed E-state index contributed by atoms with van der Waals surface area (Å²) < 4.78 is 5.15. The van der Waals surface area contributed by atoms with Gasteiger partial charge in [-0.15, -0.1) is 0 Å². The molecule has 4 N–H and O–H groups in total. The third-order valence-electron chi connectivity index (χ3n) is 3.90. The molecular weight excluding hydrogens is 272 g/mol. The molecule has 0 heterocycles. The van der Waals surface area contributed by atoms with Crippen LogP contribution in [0.3, 0.4) is 0 Å². The van der Waals surface area contributed by atoms with Crippen molar-refractivity contribution in [2.75, 3.05) is 26.3 Å². The smallest absolute Gasteiger partial charge is 0.310 e. The van der Waals surface area contributed by atoms with E-state index in [9.17, 15) is 9.59 Å². The Bertz CT molecular complexity index is 339. The molecule has 0 bridgehead atoms.